The molecule has 1 atom stereocenters. The normalized spacial score (nSPS) is 12.5. The van der Waals surface area contributed by atoms with E-state index in [2.05, 4.69) is 15.9 Å². The van der Waals surface area contributed by atoms with E-state index >= 15 is 0 Å². The first-order chi connectivity index (χ1) is 8.08. The van der Waals surface area contributed by atoms with Crippen LogP contribution in [-0.4, -0.2) is 0 Å². The second kappa shape index (κ2) is 5.17. The lowest BCUT2D eigenvalue weighted by molar-refractivity contribution is 0.626. The fourth-order valence-corrected chi connectivity index (χ4v) is 2.53. The van der Waals surface area contributed by atoms with Crippen LogP contribution < -0.4 is 5.73 Å². The van der Waals surface area contributed by atoms with Crippen LogP contribution >= 0.6 is 27.5 Å². The van der Waals surface area contributed by atoms with Gasteiger partial charge in [-0.2, -0.15) is 0 Å². The molecule has 0 radical (unpaired) electrons. The van der Waals surface area contributed by atoms with E-state index in [-0.39, 0.29) is 11.9 Å². The Balaban J connectivity index is 2.36. The van der Waals surface area contributed by atoms with Gasteiger partial charge < -0.3 is 5.73 Å². The average molecular weight is 315 g/mol. The Morgan fingerprint density at radius 2 is 1.76 bits per heavy atom. The Labute approximate surface area is 113 Å². The van der Waals surface area contributed by atoms with Gasteiger partial charge in [-0.15, -0.1) is 0 Å². The van der Waals surface area contributed by atoms with Crippen molar-refractivity contribution in [2.75, 3.05) is 0 Å². The molecule has 0 aliphatic heterocycles. The van der Waals surface area contributed by atoms with Crippen molar-refractivity contribution in [3.63, 3.8) is 0 Å². The Bertz CT molecular complexity index is 527. The van der Waals surface area contributed by atoms with Crippen LogP contribution in [0.15, 0.2) is 46.9 Å². The van der Waals surface area contributed by atoms with Crippen LogP contribution in [0.3, 0.4) is 0 Å². The predicted molar refractivity (Wildman–Crippen MR) is 71.6 cm³/mol. The van der Waals surface area contributed by atoms with E-state index in [4.69, 9.17) is 17.3 Å². The molecule has 17 heavy (non-hydrogen) atoms. The quantitative estimate of drug-likeness (QED) is 0.879. The molecule has 1 unspecified atom stereocenters. The third-order valence-corrected chi connectivity index (χ3v) is 3.45. The minimum absolute atomic E-state index is 0.267. The summed E-state index contributed by atoms with van der Waals surface area (Å²) in [5, 5.41) is 0.645. The molecule has 2 rings (SSSR count). The van der Waals surface area contributed by atoms with E-state index in [1.54, 1.807) is 24.3 Å². The fraction of sp³-hybridized carbons (Fsp3) is 0.0769. The summed E-state index contributed by atoms with van der Waals surface area (Å²) in [5.41, 5.74) is 7.90. The molecule has 2 aromatic rings. The van der Waals surface area contributed by atoms with Gasteiger partial charge in [0, 0.05) is 9.50 Å². The smallest absolute Gasteiger partial charge is 0.123 e. The summed E-state index contributed by atoms with van der Waals surface area (Å²) in [7, 11) is 0. The number of hydrogen-bond acceptors (Lipinski definition) is 1. The fourth-order valence-electron chi connectivity index (χ4n) is 1.60. The van der Waals surface area contributed by atoms with Gasteiger partial charge in [0.05, 0.1) is 6.04 Å². The molecular formula is C13H10BrClFN. The number of benzene rings is 2. The molecule has 0 amide bonds. The zero-order valence-electron chi connectivity index (χ0n) is 8.83. The largest absolute Gasteiger partial charge is 0.320 e. The van der Waals surface area contributed by atoms with Crippen molar-refractivity contribution in [2.45, 2.75) is 6.04 Å². The summed E-state index contributed by atoms with van der Waals surface area (Å²) < 4.78 is 13.7. The van der Waals surface area contributed by atoms with Crippen molar-refractivity contribution in [2.24, 2.45) is 5.73 Å². The lowest BCUT2D eigenvalue weighted by atomic mass is 10.00. The van der Waals surface area contributed by atoms with Crippen LogP contribution in [0, 0.1) is 5.82 Å². The Kier molecular flexibility index (Phi) is 3.82. The van der Waals surface area contributed by atoms with Crippen molar-refractivity contribution in [1.82, 2.24) is 0 Å². The number of halogens is 3. The molecule has 1 nitrogen and oxygen atoms in total. The molecule has 2 aromatic carbocycles. The standard InChI is InChI=1S/C13H10BrClFN/c14-12-7-9(15)3-6-11(12)13(17)8-1-4-10(16)5-2-8/h1-7,13H,17H2. The van der Waals surface area contributed by atoms with E-state index in [0.29, 0.717) is 5.02 Å². The van der Waals surface area contributed by atoms with Crippen molar-refractivity contribution < 1.29 is 4.39 Å². The Morgan fingerprint density at radius 1 is 1.12 bits per heavy atom. The van der Waals surface area contributed by atoms with Crippen LogP contribution in [0.25, 0.3) is 0 Å². The van der Waals surface area contributed by atoms with Gasteiger partial charge >= 0.3 is 0 Å². The average Bonchev–Trinajstić information content (AvgIpc) is 2.29. The van der Waals surface area contributed by atoms with Crippen LogP contribution in [0.2, 0.25) is 5.02 Å². The second-order valence-electron chi connectivity index (χ2n) is 3.70. The highest BCUT2D eigenvalue weighted by Crippen LogP contribution is 2.29. The van der Waals surface area contributed by atoms with Gasteiger partial charge in [0.25, 0.3) is 0 Å². The van der Waals surface area contributed by atoms with Gasteiger partial charge in [-0.25, -0.2) is 4.39 Å². The SMILES string of the molecule is NC(c1ccc(F)cc1)c1ccc(Cl)cc1Br. The highest BCUT2D eigenvalue weighted by molar-refractivity contribution is 9.10. The van der Waals surface area contributed by atoms with Crippen molar-refractivity contribution in [1.29, 1.82) is 0 Å². The van der Waals surface area contributed by atoms with Gasteiger partial charge in [-0.05, 0) is 35.4 Å². The molecule has 4 heteroatoms. The summed E-state index contributed by atoms with van der Waals surface area (Å²) in [6.07, 6.45) is 0. The molecule has 0 aliphatic carbocycles. The van der Waals surface area contributed by atoms with Crippen molar-refractivity contribution in [3.05, 3.63) is 68.9 Å². The summed E-state index contributed by atoms with van der Waals surface area (Å²) in [5.74, 6) is -0.267. The van der Waals surface area contributed by atoms with E-state index in [0.717, 1.165) is 15.6 Å². The van der Waals surface area contributed by atoms with Gasteiger partial charge in [0.15, 0.2) is 0 Å². The lowest BCUT2D eigenvalue weighted by Crippen LogP contribution is -2.12. The third-order valence-electron chi connectivity index (χ3n) is 2.53. The van der Waals surface area contributed by atoms with Crippen molar-refractivity contribution >= 4 is 27.5 Å². The van der Waals surface area contributed by atoms with Crippen LogP contribution in [0.5, 0.6) is 0 Å². The molecule has 0 fully saturated rings. The molecule has 0 saturated heterocycles. The van der Waals surface area contributed by atoms with Crippen LogP contribution in [0.4, 0.5) is 4.39 Å². The first kappa shape index (κ1) is 12.6. The van der Waals surface area contributed by atoms with E-state index in [9.17, 15) is 4.39 Å². The maximum Gasteiger partial charge on any atom is 0.123 e. The molecule has 2 N–H and O–H groups in total. The summed E-state index contributed by atoms with van der Waals surface area (Å²) in [4.78, 5) is 0. The maximum atomic E-state index is 12.8. The first-order valence-electron chi connectivity index (χ1n) is 5.04. The zero-order valence-corrected chi connectivity index (χ0v) is 11.2. The maximum absolute atomic E-state index is 12.8. The zero-order chi connectivity index (χ0) is 12.4. The monoisotopic (exact) mass is 313 g/mol. The molecular weight excluding hydrogens is 305 g/mol. The summed E-state index contributed by atoms with van der Waals surface area (Å²) in [6.45, 7) is 0. The predicted octanol–water partition coefficient (Wildman–Crippen LogP) is 4.29. The van der Waals surface area contributed by atoms with E-state index in [1.165, 1.54) is 12.1 Å². The highest BCUT2D eigenvalue weighted by Gasteiger charge is 2.12. The molecule has 88 valence electrons. The van der Waals surface area contributed by atoms with E-state index < -0.39 is 0 Å². The Morgan fingerprint density at radius 3 is 2.35 bits per heavy atom. The van der Waals surface area contributed by atoms with Crippen LogP contribution in [-0.2, 0) is 0 Å². The van der Waals surface area contributed by atoms with Gasteiger partial charge in [-0.1, -0.05) is 45.7 Å². The molecule has 0 saturated carbocycles. The third kappa shape index (κ3) is 2.86. The molecule has 0 bridgehead atoms. The van der Waals surface area contributed by atoms with Gasteiger partial charge in [0.2, 0.25) is 0 Å². The molecule has 0 aromatic heterocycles. The second-order valence-corrected chi connectivity index (χ2v) is 4.99. The topological polar surface area (TPSA) is 26.0 Å². The lowest BCUT2D eigenvalue weighted by Gasteiger charge is -2.14. The summed E-state index contributed by atoms with van der Waals surface area (Å²) in [6, 6.07) is 11.3. The van der Waals surface area contributed by atoms with Gasteiger partial charge in [-0.3, -0.25) is 0 Å². The van der Waals surface area contributed by atoms with Crippen molar-refractivity contribution in [3.8, 4) is 0 Å². The molecule has 0 heterocycles. The number of hydrogen-bond donors (Lipinski definition) is 1. The van der Waals surface area contributed by atoms with Crippen LogP contribution in [0.1, 0.15) is 17.2 Å². The minimum atomic E-state index is -0.303. The first-order valence-corrected chi connectivity index (χ1v) is 6.21. The number of nitrogens with two attached hydrogens (primary N) is 1. The molecule has 0 aliphatic rings. The summed E-state index contributed by atoms with van der Waals surface area (Å²) >= 11 is 9.29. The Hall–Kier alpha value is -0.900. The molecule has 0 spiro atoms. The number of rotatable bonds is 2. The minimum Gasteiger partial charge on any atom is -0.320 e. The van der Waals surface area contributed by atoms with E-state index in [1.807, 2.05) is 6.07 Å². The van der Waals surface area contributed by atoms with Gasteiger partial charge in [0.1, 0.15) is 5.82 Å². The highest BCUT2D eigenvalue weighted by atomic mass is 79.9.